The number of anilines is 1. The van der Waals surface area contributed by atoms with Gasteiger partial charge in [0.05, 0.1) is 10.8 Å². The summed E-state index contributed by atoms with van der Waals surface area (Å²) in [6, 6.07) is 5.39. The Kier molecular flexibility index (Phi) is 3.91. The molecule has 1 heterocycles. The molecule has 4 nitrogen and oxygen atoms in total. The summed E-state index contributed by atoms with van der Waals surface area (Å²) in [6.07, 6.45) is 0.747. The molecule has 0 radical (unpaired) electrons. The molecule has 0 aliphatic heterocycles. The maximum atomic E-state index is 6.05. The lowest BCUT2D eigenvalue weighted by atomic mass is 10.3. The average Bonchev–Trinajstić information content (AvgIpc) is 2.78. The molecular weight excluding hydrogens is 258 g/mol. The molecule has 0 atom stereocenters. The minimum Gasteiger partial charge on any atom is -0.424 e. The Balaban J connectivity index is 2.04. The average molecular weight is 270 g/mol. The van der Waals surface area contributed by atoms with E-state index in [1.54, 1.807) is 12.1 Å². The lowest BCUT2D eigenvalue weighted by Gasteiger charge is -2.02. The summed E-state index contributed by atoms with van der Waals surface area (Å²) in [4.78, 5) is 0.919. The lowest BCUT2D eigenvalue weighted by molar-refractivity contribution is 0.470. The van der Waals surface area contributed by atoms with Gasteiger partial charge in [0, 0.05) is 17.0 Å². The van der Waals surface area contributed by atoms with Crippen molar-refractivity contribution < 1.29 is 4.42 Å². The van der Waals surface area contributed by atoms with E-state index in [1.165, 1.54) is 11.8 Å². The predicted octanol–water partition coefficient (Wildman–Crippen LogP) is 3.16. The highest BCUT2D eigenvalue weighted by Crippen LogP contribution is 2.31. The zero-order chi connectivity index (χ0) is 12.3. The van der Waals surface area contributed by atoms with E-state index in [0.29, 0.717) is 28.2 Å². The third-order valence-corrected chi connectivity index (χ3v) is 3.60. The van der Waals surface area contributed by atoms with E-state index in [9.17, 15) is 0 Å². The molecule has 0 aliphatic rings. The number of thioether (sulfide) groups is 1. The number of aryl methyl sites for hydroxylation is 1. The van der Waals surface area contributed by atoms with Crippen LogP contribution in [0.4, 0.5) is 5.69 Å². The zero-order valence-corrected chi connectivity index (χ0v) is 10.9. The normalized spacial score (nSPS) is 10.7. The summed E-state index contributed by atoms with van der Waals surface area (Å²) in [6.45, 7) is 1.97. The molecule has 17 heavy (non-hydrogen) atoms. The molecular formula is C11H12ClN3OS. The molecule has 1 aromatic heterocycles. The van der Waals surface area contributed by atoms with Crippen LogP contribution >= 0.6 is 23.4 Å². The first kappa shape index (κ1) is 12.3. The van der Waals surface area contributed by atoms with Gasteiger partial charge in [0.2, 0.25) is 11.8 Å². The highest BCUT2D eigenvalue weighted by atomic mass is 35.5. The first-order valence-electron chi connectivity index (χ1n) is 5.18. The van der Waals surface area contributed by atoms with Gasteiger partial charge in [-0.1, -0.05) is 18.5 Å². The maximum Gasteiger partial charge on any atom is 0.226 e. The van der Waals surface area contributed by atoms with E-state index < -0.39 is 0 Å². The van der Waals surface area contributed by atoms with Gasteiger partial charge in [0.15, 0.2) is 0 Å². The molecule has 0 saturated carbocycles. The number of nitrogens with two attached hydrogens (primary N) is 1. The van der Waals surface area contributed by atoms with Crippen molar-refractivity contribution in [1.82, 2.24) is 10.2 Å². The fourth-order valence-corrected chi connectivity index (χ4v) is 2.36. The largest absolute Gasteiger partial charge is 0.424 e. The number of nitrogens with zero attached hydrogens (tertiary/aromatic N) is 2. The van der Waals surface area contributed by atoms with Gasteiger partial charge >= 0.3 is 0 Å². The Hall–Kier alpha value is -1.20. The Morgan fingerprint density at radius 1 is 1.35 bits per heavy atom. The van der Waals surface area contributed by atoms with Crippen molar-refractivity contribution in [3.63, 3.8) is 0 Å². The fourth-order valence-electron chi connectivity index (χ4n) is 1.26. The summed E-state index contributed by atoms with van der Waals surface area (Å²) >= 11 is 7.58. The number of hydrogen-bond acceptors (Lipinski definition) is 5. The smallest absolute Gasteiger partial charge is 0.226 e. The van der Waals surface area contributed by atoms with Gasteiger partial charge in [0.1, 0.15) is 0 Å². The van der Waals surface area contributed by atoms with Crippen LogP contribution in [0.3, 0.4) is 0 Å². The molecule has 2 aromatic rings. The Bertz CT molecular complexity index is 515. The minimum absolute atomic E-state index is 0.593. The number of benzene rings is 1. The van der Waals surface area contributed by atoms with E-state index >= 15 is 0 Å². The minimum atomic E-state index is 0.593. The summed E-state index contributed by atoms with van der Waals surface area (Å²) in [5, 5.41) is 8.52. The van der Waals surface area contributed by atoms with Crippen LogP contribution in [0.5, 0.6) is 0 Å². The maximum absolute atomic E-state index is 6.05. The topological polar surface area (TPSA) is 64.9 Å². The van der Waals surface area contributed by atoms with Crippen LogP contribution < -0.4 is 5.73 Å². The summed E-state index contributed by atoms with van der Waals surface area (Å²) in [5.74, 6) is 1.85. The number of hydrogen-bond donors (Lipinski definition) is 1. The van der Waals surface area contributed by atoms with Crippen LogP contribution in [0, 0.1) is 0 Å². The van der Waals surface area contributed by atoms with Crippen molar-refractivity contribution in [2.75, 3.05) is 5.73 Å². The quantitative estimate of drug-likeness (QED) is 0.682. The van der Waals surface area contributed by atoms with Crippen LogP contribution in [0.15, 0.2) is 27.5 Å². The van der Waals surface area contributed by atoms with Crippen molar-refractivity contribution in [3.8, 4) is 0 Å². The molecule has 0 saturated heterocycles. The Morgan fingerprint density at radius 3 is 2.82 bits per heavy atom. The van der Waals surface area contributed by atoms with E-state index in [0.717, 1.165) is 11.3 Å². The SMILES string of the molecule is CCc1nnc(CSc2cc(N)ccc2Cl)o1. The molecule has 1 aromatic carbocycles. The Labute approximate surface area is 109 Å². The standard InChI is InChI=1S/C11H12ClN3OS/c1-2-10-14-15-11(16-10)6-17-9-5-7(13)3-4-8(9)12/h3-5H,2,6,13H2,1H3. The second-order valence-electron chi connectivity index (χ2n) is 3.42. The van der Waals surface area contributed by atoms with Crippen LogP contribution in [-0.2, 0) is 12.2 Å². The number of aromatic nitrogens is 2. The van der Waals surface area contributed by atoms with Crippen LogP contribution in [-0.4, -0.2) is 10.2 Å². The van der Waals surface area contributed by atoms with Gasteiger partial charge in [-0.25, -0.2) is 0 Å². The van der Waals surface area contributed by atoms with Crippen molar-refractivity contribution in [1.29, 1.82) is 0 Å². The molecule has 90 valence electrons. The summed E-state index contributed by atoms with van der Waals surface area (Å²) in [5.41, 5.74) is 6.39. The highest BCUT2D eigenvalue weighted by molar-refractivity contribution is 7.98. The van der Waals surface area contributed by atoms with Crippen molar-refractivity contribution >= 4 is 29.1 Å². The second-order valence-corrected chi connectivity index (χ2v) is 4.85. The molecule has 0 amide bonds. The number of rotatable bonds is 4. The van der Waals surface area contributed by atoms with Gasteiger partial charge in [0.25, 0.3) is 0 Å². The molecule has 0 bridgehead atoms. The van der Waals surface area contributed by atoms with E-state index in [1.807, 2.05) is 13.0 Å². The molecule has 0 fully saturated rings. The fraction of sp³-hybridized carbons (Fsp3) is 0.273. The first-order valence-corrected chi connectivity index (χ1v) is 6.54. The molecule has 0 spiro atoms. The first-order chi connectivity index (χ1) is 8.19. The monoisotopic (exact) mass is 269 g/mol. The van der Waals surface area contributed by atoms with Gasteiger partial charge < -0.3 is 10.2 Å². The van der Waals surface area contributed by atoms with Crippen LogP contribution in [0.1, 0.15) is 18.7 Å². The number of nitrogen functional groups attached to an aromatic ring is 1. The van der Waals surface area contributed by atoms with E-state index in [4.69, 9.17) is 21.8 Å². The van der Waals surface area contributed by atoms with Gasteiger partial charge in [-0.3, -0.25) is 0 Å². The summed E-state index contributed by atoms with van der Waals surface area (Å²) < 4.78 is 5.41. The molecule has 0 aliphatic carbocycles. The Morgan fingerprint density at radius 2 is 2.12 bits per heavy atom. The molecule has 6 heteroatoms. The van der Waals surface area contributed by atoms with Crippen molar-refractivity contribution in [2.45, 2.75) is 24.0 Å². The van der Waals surface area contributed by atoms with E-state index in [2.05, 4.69) is 10.2 Å². The van der Waals surface area contributed by atoms with Gasteiger partial charge in [-0.15, -0.1) is 22.0 Å². The second kappa shape index (κ2) is 5.42. The third kappa shape index (κ3) is 3.14. The van der Waals surface area contributed by atoms with Gasteiger partial charge in [-0.05, 0) is 18.2 Å². The highest BCUT2D eigenvalue weighted by Gasteiger charge is 2.07. The summed E-state index contributed by atoms with van der Waals surface area (Å²) in [7, 11) is 0. The lowest BCUT2D eigenvalue weighted by Crippen LogP contribution is -1.86. The van der Waals surface area contributed by atoms with Crippen molar-refractivity contribution in [2.24, 2.45) is 0 Å². The van der Waals surface area contributed by atoms with Crippen molar-refractivity contribution in [3.05, 3.63) is 35.0 Å². The predicted molar refractivity (Wildman–Crippen MR) is 69.1 cm³/mol. The zero-order valence-electron chi connectivity index (χ0n) is 9.31. The van der Waals surface area contributed by atoms with E-state index in [-0.39, 0.29) is 0 Å². The number of halogens is 1. The molecule has 2 N–H and O–H groups in total. The molecule has 2 rings (SSSR count). The van der Waals surface area contributed by atoms with Gasteiger partial charge in [-0.2, -0.15) is 0 Å². The molecule has 0 unspecified atom stereocenters. The third-order valence-electron chi connectivity index (χ3n) is 2.12. The van der Waals surface area contributed by atoms with Crippen LogP contribution in [0.2, 0.25) is 5.02 Å². The van der Waals surface area contributed by atoms with Crippen LogP contribution in [0.25, 0.3) is 0 Å².